The number of aryl methyl sites for hydroxylation is 1. The molecule has 2 rings (SSSR count). The third kappa shape index (κ3) is 4.02. The zero-order valence-electron chi connectivity index (χ0n) is 11.8. The van der Waals surface area contributed by atoms with Crippen LogP contribution in [0.1, 0.15) is 24.0 Å². The van der Waals surface area contributed by atoms with Gasteiger partial charge in [0.25, 0.3) is 0 Å². The topological polar surface area (TPSA) is 64.6 Å². The van der Waals surface area contributed by atoms with Crippen molar-refractivity contribution in [3.05, 3.63) is 35.4 Å². The van der Waals surface area contributed by atoms with Crippen LogP contribution in [0.3, 0.4) is 0 Å². The first-order valence-corrected chi connectivity index (χ1v) is 8.24. The summed E-state index contributed by atoms with van der Waals surface area (Å²) < 4.78 is 37.4. The number of benzene rings is 1. The fourth-order valence-corrected chi connectivity index (χ4v) is 3.37. The molecule has 1 fully saturated rings. The van der Waals surface area contributed by atoms with Gasteiger partial charge in [-0.25, -0.2) is 13.1 Å². The van der Waals surface area contributed by atoms with Gasteiger partial charge in [-0.3, -0.25) is 0 Å². The van der Waals surface area contributed by atoms with E-state index in [1.54, 1.807) is 7.11 Å². The molecular formula is C14H21NO4S. The summed E-state index contributed by atoms with van der Waals surface area (Å²) in [4.78, 5) is 0. The highest BCUT2D eigenvalue weighted by Gasteiger charge is 2.31. The van der Waals surface area contributed by atoms with Crippen LogP contribution in [0.4, 0.5) is 0 Å². The second-order valence-corrected chi connectivity index (χ2v) is 6.95. The second-order valence-electron chi connectivity index (χ2n) is 5.05. The van der Waals surface area contributed by atoms with Crippen molar-refractivity contribution in [1.29, 1.82) is 0 Å². The molecule has 6 heteroatoms. The lowest BCUT2D eigenvalue weighted by atomic mass is 10.2. The summed E-state index contributed by atoms with van der Waals surface area (Å²) in [5, 5.41) is 0. The van der Waals surface area contributed by atoms with E-state index < -0.39 is 15.5 Å². The van der Waals surface area contributed by atoms with Crippen LogP contribution in [0.15, 0.2) is 24.3 Å². The molecule has 0 radical (unpaired) electrons. The Hall–Kier alpha value is -0.950. The number of rotatable bonds is 5. The van der Waals surface area contributed by atoms with Gasteiger partial charge in [-0.1, -0.05) is 29.8 Å². The summed E-state index contributed by atoms with van der Waals surface area (Å²) >= 11 is 0. The molecule has 1 aliphatic heterocycles. The molecule has 0 saturated carbocycles. The monoisotopic (exact) mass is 299 g/mol. The van der Waals surface area contributed by atoms with E-state index in [0.717, 1.165) is 11.1 Å². The standard InChI is InChI=1S/C14H21NO4S/c1-11-3-5-12(6-4-11)9-15-20(16,17)14-8-7-13(18-2)10-19-14/h3-6,13-15H,7-10H2,1-2H3. The van der Waals surface area contributed by atoms with Crippen molar-refractivity contribution in [3.8, 4) is 0 Å². The average Bonchev–Trinajstić information content (AvgIpc) is 2.47. The highest BCUT2D eigenvalue weighted by molar-refractivity contribution is 7.89. The Morgan fingerprint density at radius 3 is 2.55 bits per heavy atom. The molecule has 0 aliphatic carbocycles. The Balaban J connectivity index is 1.89. The SMILES string of the molecule is COC1CCC(S(=O)(=O)NCc2ccc(C)cc2)OC1. The van der Waals surface area contributed by atoms with Crippen LogP contribution >= 0.6 is 0 Å². The van der Waals surface area contributed by atoms with E-state index in [9.17, 15) is 8.42 Å². The van der Waals surface area contributed by atoms with Gasteiger partial charge >= 0.3 is 0 Å². The molecule has 0 aromatic heterocycles. The zero-order valence-corrected chi connectivity index (χ0v) is 12.7. The van der Waals surface area contributed by atoms with Gasteiger partial charge in [0.1, 0.15) is 0 Å². The maximum atomic E-state index is 12.1. The minimum absolute atomic E-state index is 0.00134. The maximum absolute atomic E-state index is 12.1. The van der Waals surface area contributed by atoms with E-state index in [2.05, 4.69) is 4.72 Å². The Morgan fingerprint density at radius 1 is 1.30 bits per heavy atom. The number of nitrogens with one attached hydrogen (secondary N) is 1. The molecule has 0 amide bonds. The summed E-state index contributed by atoms with van der Waals surface area (Å²) in [7, 11) is -1.84. The number of ether oxygens (including phenoxy) is 2. The van der Waals surface area contributed by atoms with Gasteiger partial charge in [0.15, 0.2) is 5.44 Å². The Morgan fingerprint density at radius 2 is 2.00 bits per heavy atom. The van der Waals surface area contributed by atoms with Crippen LogP contribution in [-0.4, -0.2) is 33.7 Å². The fourth-order valence-electron chi connectivity index (χ4n) is 2.12. The van der Waals surface area contributed by atoms with Gasteiger partial charge in [-0.15, -0.1) is 0 Å². The van der Waals surface area contributed by atoms with Gasteiger partial charge in [0, 0.05) is 13.7 Å². The molecule has 2 unspecified atom stereocenters. The van der Waals surface area contributed by atoms with Crippen LogP contribution in [0.25, 0.3) is 0 Å². The van der Waals surface area contributed by atoms with Crippen molar-refractivity contribution >= 4 is 10.0 Å². The van der Waals surface area contributed by atoms with Crippen molar-refractivity contribution < 1.29 is 17.9 Å². The van der Waals surface area contributed by atoms with Crippen molar-refractivity contribution in [1.82, 2.24) is 4.72 Å². The van der Waals surface area contributed by atoms with Crippen LogP contribution in [0.2, 0.25) is 0 Å². The first kappa shape index (κ1) is 15.4. The van der Waals surface area contributed by atoms with Crippen LogP contribution in [-0.2, 0) is 26.0 Å². The zero-order chi connectivity index (χ0) is 14.6. The minimum atomic E-state index is -3.45. The molecule has 1 aliphatic rings. The van der Waals surface area contributed by atoms with Crippen molar-refractivity contribution in [3.63, 3.8) is 0 Å². The van der Waals surface area contributed by atoms with E-state index in [4.69, 9.17) is 9.47 Å². The minimum Gasteiger partial charge on any atom is -0.379 e. The van der Waals surface area contributed by atoms with Gasteiger partial charge in [-0.2, -0.15) is 0 Å². The lowest BCUT2D eigenvalue weighted by Crippen LogP contribution is -2.41. The van der Waals surface area contributed by atoms with Crippen molar-refractivity contribution in [2.24, 2.45) is 0 Å². The van der Waals surface area contributed by atoms with Crippen LogP contribution in [0, 0.1) is 6.92 Å². The molecule has 1 aromatic rings. The number of hydrogen-bond acceptors (Lipinski definition) is 4. The number of methoxy groups -OCH3 is 1. The third-order valence-corrected chi connectivity index (χ3v) is 5.08. The predicted molar refractivity (Wildman–Crippen MR) is 76.7 cm³/mol. The molecule has 1 aromatic carbocycles. The quantitative estimate of drug-likeness (QED) is 0.896. The van der Waals surface area contributed by atoms with E-state index >= 15 is 0 Å². The molecule has 0 spiro atoms. The predicted octanol–water partition coefficient (Wildman–Crippen LogP) is 1.57. The first-order chi connectivity index (χ1) is 9.51. The molecule has 1 heterocycles. The molecule has 2 atom stereocenters. The normalized spacial score (nSPS) is 23.7. The smallest absolute Gasteiger partial charge is 0.239 e. The van der Waals surface area contributed by atoms with E-state index in [1.165, 1.54) is 0 Å². The second kappa shape index (κ2) is 6.67. The fraction of sp³-hybridized carbons (Fsp3) is 0.571. The summed E-state index contributed by atoms with van der Waals surface area (Å²) in [6.45, 7) is 2.61. The third-order valence-electron chi connectivity index (χ3n) is 3.47. The number of sulfonamides is 1. The molecule has 0 bridgehead atoms. The lowest BCUT2D eigenvalue weighted by Gasteiger charge is -2.27. The molecule has 1 saturated heterocycles. The van der Waals surface area contributed by atoms with Crippen molar-refractivity contribution in [2.45, 2.75) is 37.9 Å². The highest BCUT2D eigenvalue weighted by atomic mass is 32.2. The average molecular weight is 299 g/mol. The summed E-state index contributed by atoms with van der Waals surface area (Å²) in [6, 6.07) is 7.76. The van der Waals surface area contributed by atoms with E-state index in [0.29, 0.717) is 19.4 Å². The van der Waals surface area contributed by atoms with Gasteiger partial charge in [0.2, 0.25) is 10.0 Å². The van der Waals surface area contributed by atoms with Gasteiger partial charge < -0.3 is 9.47 Å². The van der Waals surface area contributed by atoms with Gasteiger partial charge in [0.05, 0.1) is 12.7 Å². The molecule has 112 valence electrons. The molecule has 5 nitrogen and oxygen atoms in total. The van der Waals surface area contributed by atoms with Crippen molar-refractivity contribution in [2.75, 3.05) is 13.7 Å². The Kier molecular flexibility index (Phi) is 5.15. The Labute approximate surface area is 120 Å². The first-order valence-electron chi connectivity index (χ1n) is 6.69. The highest BCUT2D eigenvalue weighted by Crippen LogP contribution is 2.19. The summed E-state index contributed by atoms with van der Waals surface area (Å²) in [6.07, 6.45) is 1.16. The largest absolute Gasteiger partial charge is 0.379 e. The molecule has 20 heavy (non-hydrogen) atoms. The lowest BCUT2D eigenvalue weighted by molar-refractivity contribution is -0.0441. The number of hydrogen-bond donors (Lipinski definition) is 1. The molecular weight excluding hydrogens is 278 g/mol. The summed E-state index contributed by atoms with van der Waals surface area (Å²) in [5.41, 5.74) is 1.31. The Bertz CT molecular complexity index is 519. The van der Waals surface area contributed by atoms with E-state index in [-0.39, 0.29) is 12.6 Å². The van der Waals surface area contributed by atoms with Crippen LogP contribution in [0.5, 0.6) is 0 Å². The molecule has 1 N–H and O–H groups in total. The maximum Gasteiger partial charge on any atom is 0.239 e. The van der Waals surface area contributed by atoms with E-state index in [1.807, 2.05) is 31.2 Å². The van der Waals surface area contributed by atoms with Crippen LogP contribution < -0.4 is 4.72 Å². The van der Waals surface area contributed by atoms with Gasteiger partial charge in [-0.05, 0) is 25.3 Å². The summed E-state index contributed by atoms with van der Waals surface area (Å²) in [5.74, 6) is 0.